The fourth-order valence-electron chi connectivity index (χ4n) is 1.53. The first-order chi connectivity index (χ1) is 9.04. The molecule has 1 rings (SSSR count). The standard InChI is InChI=1S/C15H17NO3/c1-3-16(12(2)17)11-15(19)14(18)10-9-13-7-5-4-6-8-13/h4-10H,3,11H2,1-2H3/b10-9+. The molecule has 0 aliphatic rings. The molecule has 0 heterocycles. The van der Waals surface area contributed by atoms with Crippen molar-refractivity contribution in [2.45, 2.75) is 13.8 Å². The van der Waals surface area contributed by atoms with Gasteiger partial charge >= 0.3 is 0 Å². The van der Waals surface area contributed by atoms with Crippen LogP contribution in [0, 0.1) is 0 Å². The maximum Gasteiger partial charge on any atom is 0.223 e. The molecule has 1 aromatic rings. The Balaban J connectivity index is 2.61. The molecule has 1 amide bonds. The molecule has 19 heavy (non-hydrogen) atoms. The third-order valence-electron chi connectivity index (χ3n) is 2.66. The fraction of sp³-hybridized carbons (Fsp3) is 0.267. The lowest BCUT2D eigenvalue weighted by molar-refractivity contribution is -0.138. The lowest BCUT2D eigenvalue weighted by Gasteiger charge is -2.16. The first kappa shape index (κ1) is 14.8. The zero-order valence-corrected chi connectivity index (χ0v) is 11.1. The molecule has 0 bridgehead atoms. The number of hydrogen-bond donors (Lipinski definition) is 0. The number of carbonyl (C=O) groups excluding carboxylic acids is 3. The minimum Gasteiger partial charge on any atom is -0.335 e. The summed E-state index contributed by atoms with van der Waals surface area (Å²) in [5, 5.41) is 0. The van der Waals surface area contributed by atoms with Crippen molar-refractivity contribution in [1.29, 1.82) is 0 Å². The summed E-state index contributed by atoms with van der Waals surface area (Å²) in [5.41, 5.74) is 0.850. The van der Waals surface area contributed by atoms with E-state index < -0.39 is 11.6 Å². The van der Waals surface area contributed by atoms with E-state index in [9.17, 15) is 14.4 Å². The number of ketones is 2. The second kappa shape index (κ2) is 7.26. The minimum absolute atomic E-state index is 0.163. The smallest absolute Gasteiger partial charge is 0.223 e. The number of benzene rings is 1. The van der Waals surface area contributed by atoms with Crippen molar-refractivity contribution in [1.82, 2.24) is 4.90 Å². The first-order valence-corrected chi connectivity index (χ1v) is 6.10. The van der Waals surface area contributed by atoms with Gasteiger partial charge in [0.2, 0.25) is 17.5 Å². The maximum absolute atomic E-state index is 11.6. The Bertz CT molecular complexity index is 491. The van der Waals surface area contributed by atoms with Gasteiger partial charge in [-0.05, 0) is 18.6 Å². The Morgan fingerprint density at radius 3 is 2.32 bits per heavy atom. The lowest BCUT2D eigenvalue weighted by atomic mass is 10.1. The van der Waals surface area contributed by atoms with Crippen LogP contribution in [0.2, 0.25) is 0 Å². The predicted molar refractivity (Wildman–Crippen MR) is 73.4 cm³/mol. The third-order valence-corrected chi connectivity index (χ3v) is 2.66. The monoisotopic (exact) mass is 259 g/mol. The molecule has 1 aromatic carbocycles. The van der Waals surface area contributed by atoms with E-state index in [1.165, 1.54) is 17.9 Å². The van der Waals surface area contributed by atoms with Crippen LogP contribution in [0.4, 0.5) is 0 Å². The molecule has 100 valence electrons. The molecule has 0 aliphatic carbocycles. The van der Waals surface area contributed by atoms with E-state index in [1.807, 2.05) is 30.3 Å². The van der Waals surface area contributed by atoms with Gasteiger partial charge in [-0.3, -0.25) is 14.4 Å². The van der Waals surface area contributed by atoms with Crippen LogP contribution in [0.15, 0.2) is 36.4 Å². The summed E-state index contributed by atoms with van der Waals surface area (Å²) < 4.78 is 0. The number of allylic oxidation sites excluding steroid dienone is 1. The van der Waals surface area contributed by atoms with Crippen molar-refractivity contribution in [3.8, 4) is 0 Å². The van der Waals surface area contributed by atoms with Gasteiger partial charge in [-0.15, -0.1) is 0 Å². The van der Waals surface area contributed by atoms with Crippen molar-refractivity contribution in [2.75, 3.05) is 13.1 Å². The molecule has 0 saturated carbocycles. The van der Waals surface area contributed by atoms with Crippen molar-refractivity contribution in [2.24, 2.45) is 0 Å². The Labute approximate surface area is 112 Å². The van der Waals surface area contributed by atoms with Gasteiger partial charge in [0.15, 0.2) is 0 Å². The molecule has 0 aromatic heterocycles. The largest absolute Gasteiger partial charge is 0.335 e. The molecule has 0 aliphatic heterocycles. The molecular weight excluding hydrogens is 242 g/mol. The fourth-order valence-corrected chi connectivity index (χ4v) is 1.53. The van der Waals surface area contributed by atoms with Crippen LogP contribution in [0.1, 0.15) is 19.4 Å². The second-order valence-corrected chi connectivity index (χ2v) is 4.06. The van der Waals surface area contributed by atoms with Crippen LogP contribution in [0.5, 0.6) is 0 Å². The van der Waals surface area contributed by atoms with Crippen molar-refractivity contribution in [3.63, 3.8) is 0 Å². The van der Waals surface area contributed by atoms with Crippen molar-refractivity contribution in [3.05, 3.63) is 42.0 Å². The van der Waals surface area contributed by atoms with Crippen LogP contribution >= 0.6 is 0 Å². The van der Waals surface area contributed by atoms with Gasteiger partial charge in [-0.2, -0.15) is 0 Å². The van der Waals surface area contributed by atoms with Gasteiger partial charge in [-0.25, -0.2) is 0 Å². The van der Waals surface area contributed by atoms with E-state index in [0.717, 1.165) is 5.56 Å². The summed E-state index contributed by atoms with van der Waals surface area (Å²) in [6, 6.07) is 9.24. The molecule has 0 fully saturated rings. The number of Topliss-reactive ketones (excluding diaryl/α,β-unsaturated/α-hetero) is 1. The molecular formula is C15H17NO3. The molecule has 0 unspecified atom stereocenters. The van der Waals surface area contributed by atoms with Crippen LogP contribution in [0.3, 0.4) is 0 Å². The summed E-state index contributed by atoms with van der Waals surface area (Å²) in [6.45, 7) is 3.39. The van der Waals surface area contributed by atoms with Crippen molar-refractivity contribution < 1.29 is 14.4 Å². The molecule has 0 saturated heterocycles. The maximum atomic E-state index is 11.6. The average molecular weight is 259 g/mol. The Morgan fingerprint density at radius 2 is 1.79 bits per heavy atom. The first-order valence-electron chi connectivity index (χ1n) is 6.10. The van der Waals surface area contributed by atoms with E-state index in [0.29, 0.717) is 6.54 Å². The number of amides is 1. The molecule has 0 radical (unpaired) electrons. The zero-order chi connectivity index (χ0) is 14.3. The zero-order valence-electron chi connectivity index (χ0n) is 11.1. The van der Waals surface area contributed by atoms with Crippen molar-refractivity contribution >= 4 is 23.5 Å². The van der Waals surface area contributed by atoms with E-state index in [-0.39, 0.29) is 12.5 Å². The SMILES string of the molecule is CCN(CC(=O)C(=O)/C=C/c1ccccc1)C(C)=O. The molecule has 0 N–H and O–H groups in total. The third kappa shape index (κ3) is 4.87. The van der Waals surface area contributed by atoms with Gasteiger partial charge in [0.25, 0.3) is 0 Å². The number of nitrogens with zero attached hydrogens (tertiary/aromatic N) is 1. The number of carbonyl (C=O) groups is 3. The number of rotatable bonds is 6. The van der Waals surface area contributed by atoms with Gasteiger partial charge in [0.05, 0.1) is 6.54 Å². The highest BCUT2D eigenvalue weighted by Gasteiger charge is 2.16. The van der Waals surface area contributed by atoms with Crippen LogP contribution in [-0.4, -0.2) is 35.5 Å². The summed E-state index contributed by atoms with van der Waals surface area (Å²) in [6.07, 6.45) is 2.83. The van der Waals surface area contributed by atoms with Gasteiger partial charge in [-0.1, -0.05) is 36.4 Å². The molecule has 0 spiro atoms. The molecule has 4 heteroatoms. The summed E-state index contributed by atoms with van der Waals surface area (Å²) in [4.78, 5) is 35.7. The van der Waals surface area contributed by atoms with E-state index in [2.05, 4.69) is 0 Å². The minimum atomic E-state index is -0.594. The van der Waals surface area contributed by atoms with Crippen LogP contribution in [0.25, 0.3) is 6.08 Å². The highest BCUT2D eigenvalue weighted by atomic mass is 16.2. The van der Waals surface area contributed by atoms with Crippen LogP contribution < -0.4 is 0 Å². The van der Waals surface area contributed by atoms with E-state index in [1.54, 1.807) is 13.0 Å². The summed E-state index contributed by atoms with van der Waals surface area (Å²) in [7, 11) is 0. The molecule has 0 atom stereocenters. The number of hydrogen-bond acceptors (Lipinski definition) is 3. The van der Waals surface area contributed by atoms with Gasteiger partial charge in [0.1, 0.15) is 0 Å². The normalized spacial score (nSPS) is 10.4. The highest BCUT2D eigenvalue weighted by molar-refractivity contribution is 6.43. The van der Waals surface area contributed by atoms with Gasteiger partial charge < -0.3 is 4.90 Å². The Hall–Kier alpha value is -2.23. The quantitative estimate of drug-likeness (QED) is 0.577. The molecule has 4 nitrogen and oxygen atoms in total. The van der Waals surface area contributed by atoms with Crippen LogP contribution in [-0.2, 0) is 14.4 Å². The Morgan fingerprint density at radius 1 is 1.16 bits per heavy atom. The number of likely N-dealkylation sites (N-methyl/N-ethyl adjacent to an activating group) is 1. The van der Waals surface area contributed by atoms with E-state index >= 15 is 0 Å². The second-order valence-electron chi connectivity index (χ2n) is 4.06. The highest BCUT2D eigenvalue weighted by Crippen LogP contribution is 2.01. The summed E-state index contributed by atoms with van der Waals surface area (Å²) >= 11 is 0. The summed E-state index contributed by atoms with van der Waals surface area (Å²) in [5.74, 6) is -1.39. The topological polar surface area (TPSA) is 54.5 Å². The lowest BCUT2D eigenvalue weighted by Crippen LogP contribution is -2.36. The van der Waals surface area contributed by atoms with E-state index in [4.69, 9.17) is 0 Å². The predicted octanol–water partition coefficient (Wildman–Crippen LogP) is 1.71. The van der Waals surface area contributed by atoms with Gasteiger partial charge in [0, 0.05) is 13.5 Å². The average Bonchev–Trinajstić information content (AvgIpc) is 2.42. The Kier molecular flexibility index (Phi) is 5.67.